The minimum absolute atomic E-state index is 0.106. The second kappa shape index (κ2) is 7.66. The average Bonchev–Trinajstić information content (AvgIpc) is 2.93. The van der Waals surface area contributed by atoms with Crippen LogP contribution in [0.25, 0.3) is 0 Å². The summed E-state index contributed by atoms with van der Waals surface area (Å²) in [7, 11) is 1.28. The van der Waals surface area contributed by atoms with Crippen molar-refractivity contribution in [3.05, 3.63) is 29.3 Å². The molecular formula is C17H21ClN2O4. The molecule has 0 bridgehead atoms. The zero-order chi connectivity index (χ0) is 17.9. The van der Waals surface area contributed by atoms with Crippen molar-refractivity contribution in [2.45, 2.75) is 26.3 Å². The predicted octanol–water partition coefficient (Wildman–Crippen LogP) is 2.10. The molecule has 1 saturated heterocycles. The molecule has 0 aliphatic carbocycles. The second-order valence-corrected chi connectivity index (χ2v) is 6.40. The molecule has 0 radical (unpaired) electrons. The third kappa shape index (κ3) is 3.87. The van der Waals surface area contributed by atoms with Gasteiger partial charge < -0.3 is 14.5 Å². The van der Waals surface area contributed by atoms with Gasteiger partial charge in [0.1, 0.15) is 6.54 Å². The summed E-state index contributed by atoms with van der Waals surface area (Å²) < 4.78 is 4.64. The van der Waals surface area contributed by atoms with Crippen LogP contribution in [-0.2, 0) is 19.1 Å². The fraction of sp³-hybridized carbons (Fsp3) is 0.471. The number of anilines is 1. The van der Waals surface area contributed by atoms with Gasteiger partial charge in [-0.2, -0.15) is 0 Å². The van der Waals surface area contributed by atoms with Gasteiger partial charge in [0.25, 0.3) is 0 Å². The van der Waals surface area contributed by atoms with Gasteiger partial charge in [-0.05, 0) is 26.0 Å². The third-order valence-corrected chi connectivity index (χ3v) is 4.37. The Balaban J connectivity index is 2.15. The number of rotatable bonds is 5. The van der Waals surface area contributed by atoms with Crippen LogP contribution in [0.1, 0.15) is 20.3 Å². The number of hydrogen-bond donors (Lipinski definition) is 0. The fourth-order valence-corrected chi connectivity index (χ4v) is 2.97. The van der Waals surface area contributed by atoms with Crippen LogP contribution in [-0.4, -0.2) is 48.9 Å². The summed E-state index contributed by atoms with van der Waals surface area (Å²) in [5, 5.41) is 0.467. The molecule has 1 unspecified atom stereocenters. The summed E-state index contributed by atoms with van der Waals surface area (Å²) in [5.41, 5.74) is 0.600. The van der Waals surface area contributed by atoms with Gasteiger partial charge in [0.15, 0.2) is 0 Å². The van der Waals surface area contributed by atoms with Gasteiger partial charge in [-0.25, -0.2) is 0 Å². The molecule has 1 aromatic rings. The van der Waals surface area contributed by atoms with Crippen molar-refractivity contribution >= 4 is 35.1 Å². The molecule has 0 aromatic heterocycles. The van der Waals surface area contributed by atoms with Crippen LogP contribution in [0.4, 0.5) is 5.69 Å². The Labute approximate surface area is 146 Å². The minimum atomic E-state index is -0.499. The van der Waals surface area contributed by atoms with Crippen LogP contribution in [0.5, 0.6) is 0 Å². The maximum Gasteiger partial charge on any atom is 0.325 e. The van der Waals surface area contributed by atoms with Crippen LogP contribution < -0.4 is 4.90 Å². The van der Waals surface area contributed by atoms with Crippen LogP contribution >= 0.6 is 11.6 Å². The topological polar surface area (TPSA) is 66.9 Å². The van der Waals surface area contributed by atoms with Gasteiger partial charge in [0.05, 0.1) is 23.7 Å². The van der Waals surface area contributed by atoms with Crippen molar-refractivity contribution in [1.29, 1.82) is 0 Å². The van der Waals surface area contributed by atoms with E-state index in [9.17, 15) is 14.4 Å². The molecule has 130 valence electrons. The molecule has 7 heteroatoms. The first-order valence-electron chi connectivity index (χ1n) is 7.77. The summed E-state index contributed by atoms with van der Waals surface area (Å²) in [4.78, 5) is 39.6. The lowest BCUT2D eigenvalue weighted by Gasteiger charge is -2.28. The molecular weight excluding hydrogens is 332 g/mol. The number of carbonyl (C=O) groups is 3. The molecule has 0 N–H and O–H groups in total. The van der Waals surface area contributed by atoms with Crippen molar-refractivity contribution in [2.24, 2.45) is 5.92 Å². The molecule has 0 spiro atoms. The van der Waals surface area contributed by atoms with E-state index in [-0.39, 0.29) is 37.4 Å². The van der Waals surface area contributed by atoms with E-state index >= 15 is 0 Å². The SMILES string of the molecule is COC(=O)CN(C(=O)C1CC(=O)N(c2ccccc2Cl)C1)C(C)C. The van der Waals surface area contributed by atoms with E-state index < -0.39 is 11.9 Å². The summed E-state index contributed by atoms with van der Waals surface area (Å²) in [5.74, 6) is -1.35. The van der Waals surface area contributed by atoms with Gasteiger partial charge in [-0.3, -0.25) is 14.4 Å². The van der Waals surface area contributed by atoms with Crippen LogP contribution in [0.15, 0.2) is 24.3 Å². The van der Waals surface area contributed by atoms with Crippen molar-refractivity contribution in [3.63, 3.8) is 0 Å². The summed E-state index contributed by atoms with van der Waals surface area (Å²) in [6.07, 6.45) is 0.106. The number of halogens is 1. The van der Waals surface area contributed by atoms with Crippen molar-refractivity contribution in [3.8, 4) is 0 Å². The third-order valence-electron chi connectivity index (χ3n) is 4.05. The Morgan fingerprint density at radius 2 is 2.04 bits per heavy atom. The normalized spacial score (nSPS) is 17.3. The number of para-hydroxylation sites is 1. The lowest BCUT2D eigenvalue weighted by Crippen LogP contribution is -2.44. The number of hydrogen-bond acceptors (Lipinski definition) is 4. The molecule has 1 fully saturated rings. The number of benzene rings is 1. The Bertz CT molecular complexity index is 647. The lowest BCUT2D eigenvalue weighted by atomic mass is 10.1. The minimum Gasteiger partial charge on any atom is -0.468 e. The first-order chi connectivity index (χ1) is 11.3. The highest BCUT2D eigenvalue weighted by molar-refractivity contribution is 6.33. The van der Waals surface area contributed by atoms with Gasteiger partial charge in [0.2, 0.25) is 11.8 Å². The van der Waals surface area contributed by atoms with E-state index in [4.69, 9.17) is 11.6 Å². The fourth-order valence-electron chi connectivity index (χ4n) is 2.73. The summed E-state index contributed by atoms with van der Waals surface area (Å²) in [6.45, 7) is 3.78. The first kappa shape index (κ1) is 18.3. The molecule has 1 heterocycles. The Kier molecular flexibility index (Phi) is 5.83. The van der Waals surface area contributed by atoms with Gasteiger partial charge in [-0.15, -0.1) is 0 Å². The van der Waals surface area contributed by atoms with Crippen molar-refractivity contribution < 1.29 is 19.1 Å². The lowest BCUT2D eigenvalue weighted by molar-refractivity contribution is -0.149. The number of ether oxygens (including phenoxy) is 1. The standard InChI is InChI=1S/C17H21ClN2O4/c1-11(2)19(10-16(22)24-3)17(23)12-8-15(21)20(9-12)14-7-5-4-6-13(14)18/h4-7,11-12H,8-10H2,1-3H3. The van der Waals surface area contributed by atoms with E-state index in [0.29, 0.717) is 10.7 Å². The second-order valence-electron chi connectivity index (χ2n) is 5.99. The van der Waals surface area contributed by atoms with Crippen molar-refractivity contribution in [2.75, 3.05) is 25.1 Å². The quantitative estimate of drug-likeness (QED) is 0.761. The van der Waals surface area contributed by atoms with Gasteiger partial charge >= 0.3 is 5.97 Å². The maximum absolute atomic E-state index is 12.8. The Hall–Kier alpha value is -2.08. The van der Waals surface area contributed by atoms with E-state index in [2.05, 4.69) is 4.74 Å². The predicted molar refractivity (Wildman–Crippen MR) is 90.8 cm³/mol. The number of amides is 2. The van der Waals surface area contributed by atoms with Crippen LogP contribution in [0.2, 0.25) is 5.02 Å². The number of carbonyl (C=O) groups excluding carboxylic acids is 3. The highest BCUT2D eigenvalue weighted by atomic mass is 35.5. The first-order valence-corrected chi connectivity index (χ1v) is 8.15. The summed E-state index contributed by atoms with van der Waals surface area (Å²) in [6, 6.07) is 6.87. The number of nitrogens with zero attached hydrogens (tertiary/aromatic N) is 2. The molecule has 1 aliphatic heterocycles. The van der Waals surface area contributed by atoms with Crippen LogP contribution in [0.3, 0.4) is 0 Å². The van der Waals surface area contributed by atoms with E-state index in [1.54, 1.807) is 24.3 Å². The molecule has 1 aliphatic rings. The molecule has 24 heavy (non-hydrogen) atoms. The Morgan fingerprint density at radius 3 is 2.62 bits per heavy atom. The van der Waals surface area contributed by atoms with E-state index in [1.807, 2.05) is 13.8 Å². The van der Waals surface area contributed by atoms with Gasteiger partial charge in [0, 0.05) is 19.0 Å². The highest BCUT2D eigenvalue weighted by Crippen LogP contribution is 2.31. The largest absolute Gasteiger partial charge is 0.468 e. The van der Waals surface area contributed by atoms with E-state index in [1.165, 1.54) is 16.9 Å². The van der Waals surface area contributed by atoms with Gasteiger partial charge in [-0.1, -0.05) is 23.7 Å². The highest BCUT2D eigenvalue weighted by Gasteiger charge is 2.38. The zero-order valence-electron chi connectivity index (χ0n) is 14.0. The van der Waals surface area contributed by atoms with Crippen molar-refractivity contribution in [1.82, 2.24) is 4.90 Å². The summed E-state index contributed by atoms with van der Waals surface area (Å²) >= 11 is 6.15. The zero-order valence-corrected chi connectivity index (χ0v) is 14.7. The number of esters is 1. The number of methoxy groups -OCH3 is 1. The molecule has 2 rings (SSSR count). The monoisotopic (exact) mass is 352 g/mol. The maximum atomic E-state index is 12.8. The molecule has 1 aromatic carbocycles. The molecule has 1 atom stereocenters. The van der Waals surface area contributed by atoms with E-state index in [0.717, 1.165) is 0 Å². The van der Waals surface area contributed by atoms with Crippen LogP contribution in [0, 0.1) is 5.92 Å². The Morgan fingerprint density at radius 1 is 1.38 bits per heavy atom. The molecule has 0 saturated carbocycles. The average molecular weight is 353 g/mol. The molecule has 6 nitrogen and oxygen atoms in total. The smallest absolute Gasteiger partial charge is 0.325 e. The molecule has 2 amide bonds.